The topological polar surface area (TPSA) is 118 Å². The van der Waals surface area contributed by atoms with Gasteiger partial charge in [-0.2, -0.15) is 31.4 Å². The van der Waals surface area contributed by atoms with Crippen LogP contribution in [0.2, 0.25) is 0 Å². The summed E-state index contributed by atoms with van der Waals surface area (Å²) in [5, 5.41) is 21.9. The Balaban J connectivity index is 0.000000324. The van der Waals surface area contributed by atoms with E-state index in [4.69, 9.17) is 24.5 Å². The van der Waals surface area contributed by atoms with Gasteiger partial charge < -0.3 is 14.9 Å². The number of fused-ring (bicyclic) bond motifs is 1. The summed E-state index contributed by atoms with van der Waals surface area (Å²) in [6, 6.07) is 2.10. The smallest absolute Gasteiger partial charge is 0.475 e. The molecule has 0 spiro atoms. The Kier molecular flexibility index (Phi) is 10.7. The summed E-state index contributed by atoms with van der Waals surface area (Å²) in [6.45, 7) is 4.57. The zero-order valence-corrected chi connectivity index (χ0v) is 17.8. The molecule has 3 rings (SSSR count). The number of hydrogen-bond donors (Lipinski definition) is 2. The quantitative estimate of drug-likeness (QED) is 0.608. The Bertz CT molecular complexity index is 848. The van der Waals surface area contributed by atoms with Gasteiger partial charge in [-0.15, -0.1) is 11.3 Å². The van der Waals surface area contributed by atoms with Gasteiger partial charge in [0.2, 0.25) is 0 Å². The maximum absolute atomic E-state index is 10.6. The number of hydrogen-bond acceptors (Lipinski definition) is 7. The molecule has 0 bridgehead atoms. The number of rotatable bonds is 4. The Morgan fingerprint density at radius 2 is 1.70 bits per heavy atom. The van der Waals surface area contributed by atoms with E-state index < -0.39 is 24.3 Å². The van der Waals surface area contributed by atoms with Gasteiger partial charge in [0.05, 0.1) is 18.8 Å². The number of nitrogens with zero attached hydrogens (tertiary/aromatic N) is 4. The maximum Gasteiger partial charge on any atom is 0.490 e. The lowest BCUT2D eigenvalue weighted by atomic mass is 10.1. The molecule has 1 aliphatic heterocycles. The summed E-state index contributed by atoms with van der Waals surface area (Å²) in [4.78, 5) is 24.6. The number of carbonyl (C=O) groups is 2. The number of methoxy groups -OCH3 is 1. The fourth-order valence-corrected chi connectivity index (χ4v) is 3.26. The predicted octanol–water partition coefficient (Wildman–Crippen LogP) is 2.88. The van der Waals surface area contributed by atoms with Gasteiger partial charge in [-0.1, -0.05) is 0 Å². The molecule has 2 aromatic heterocycles. The number of aromatic nitrogens is 3. The van der Waals surface area contributed by atoms with Crippen molar-refractivity contribution < 1.29 is 50.9 Å². The third-order valence-corrected chi connectivity index (χ3v) is 4.63. The number of halogens is 6. The number of carboxylic acids is 2. The maximum atomic E-state index is 10.6. The average molecular weight is 506 g/mol. The van der Waals surface area contributed by atoms with E-state index >= 15 is 0 Å². The summed E-state index contributed by atoms with van der Waals surface area (Å²) in [6.07, 6.45) is -6.42. The van der Waals surface area contributed by atoms with Gasteiger partial charge in [0.1, 0.15) is 5.01 Å². The van der Waals surface area contributed by atoms with Crippen LogP contribution in [-0.2, 0) is 34.0 Å². The average Bonchev–Trinajstić information content (AvgIpc) is 3.31. The molecule has 0 saturated heterocycles. The second-order valence-electron chi connectivity index (χ2n) is 6.53. The highest BCUT2D eigenvalue weighted by Crippen LogP contribution is 2.19. The van der Waals surface area contributed by atoms with E-state index in [1.807, 2.05) is 17.8 Å². The molecule has 0 saturated carbocycles. The van der Waals surface area contributed by atoms with E-state index in [0.29, 0.717) is 5.92 Å². The molecule has 2 aromatic rings. The summed E-state index contributed by atoms with van der Waals surface area (Å²) in [7, 11) is 1.76. The van der Waals surface area contributed by atoms with Crippen molar-refractivity contribution in [2.24, 2.45) is 5.92 Å². The SMILES string of the molecule is COCC1CN(Cc2nccs2)Cc2ccnn2C1.O=C(O)C(F)(F)F.O=C(O)C(F)(F)F. The molecule has 186 valence electrons. The van der Waals surface area contributed by atoms with Crippen LogP contribution in [0.15, 0.2) is 23.8 Å². The minimum Gasteiger partial charge on any atom is -0.475 e. The van der Waals surface area contributed by atoms with Gasteiger partial charge in [-0.25, -0.2) is 14.6 Å². The van der Waals surface area contributed by atoms with Gasteiger partial charge in [0.15, 0.2) is 0 Å². The van der Waals surface area contributed by atoms with Gasteiger partial charge in [-0.05, 0) is 6.07 Å². The Hall–Kier alpha value is -2.72. The van der Waals surface area contributed by atoms with E-state index in [1.165, 1.54) is 10.7 Å². The number of carboxylic acid groups (broad SMARTS) is 2. The molecule has 2 N–H and O–H groups in total. The van der Waals surface area contributed by atoms with Crippen LogP contribution >= 0.6 is 11.3 Å². The molecule has 0 fully saturated rings. The van der Waals surface area contributed by atoms with Crippen LogP contribution in [0.1, 0.15) is 10.7 Å². The number of thiazole rings is 1. The minimum absolute atomic E-state index is 0.478. The van der Waals surface area contributed by atoms with Crippen LogP contribution in [0.4, 0.5) is 26.3 Å². The highest BCUT2D eigenvalue weighted by molar-refractivity contribution is 7.09. The molecule has 1 unspecified atom stereocenters. The standard InChI is InChI=1S/C13H18N4OS.2C2HF3O2/c1-18-10-11-6-16(9-13-14-4-5-19-13)8-12-2-3-15-17(12)7-11;2*3-2(4,5)1(6)7/h2-5,11H,6-10H2,1H3;2*(H,6,7). The van der Waals surface area contributed by atoms with E-state index in [1.54, 1.807) is 18.4 Å². The first-order chi connectivity index (χ1) is 15.2. The van der Waals surface area contributed by atoms with Crippen molar-refractivity contribution in [1.29, 1.82) is 0 Å². The highest BCUT2D eigenvalue weighted by atomic mass is 32.1. The zero-order valence-electron chi connectivity index (χ0n) is 17.0. The zero-order chi connectivity index (χ0) is 25.2. The molecular weight excluding hydrogens is 486 g/mol. The summed E-state index contributed by atoms with van der Waals surface area (Å²) < 4.78 is 70.9. The molecule has 1 atom stereocenters. The molecule has 0 aliphatic carbocycles. The number of alkyl halides is 6. The van der Waals surface area contributed by atoms with Crippen molar-refractivity contribution in [3.63, 3.8) is 0 Å². The van der Waals surface area contributed by atoms with E-state index in [2.05, 4.69) is 25.7 Å². The Morgan fingerprint density at radius 3 is 2.15 bits per heavy atom. The molecule has 33 heavy (non-hydrogen) atoms. The van der Waals surface area contributed by atoms with Crippen molar-refractivity contribution in [1.82, 2.24) is 19.7 Å². The lowest BCUT2D eigenvalue weighted by Gasteiger charge is -2.22. The van der Waals surface area contributed by atoms with Crippen LogP contribution in [0.3, 0.4) is 0 Å². The van der Waals surface area contributed by atoms with Crippen LogP contribution in [0, 0.1) is 5.92 Å². The molecule has 1 aliphatic rings. The first-order valence-corrected chi connectivity index (χ1v) is 9.82. The summed E-state index contributed by atoms with van der Waals surface area (Å²) >= 11 is 1.71. The van der Waals surface area contributed by atoms with Gasteiger partial charge in [-0.3, -0.25) is 9.58 Å². The lowest BCUT2D eigenvalue weighted by Crippen LogP contribution is -2.29. The Morgan fingerprint density at radius 1 is 1.12 bits per heavy atom. The normalized spacial score (nSPS) is 16.4. The van der Waals surface area contributed by atoms with Crippen LogP contribution < -0.4 is 0 Å². The molecule has 16 heteroatoms. The van der Waals surface area contributed by atoms with E-state index in [0.717, 1.165) is 32.8 Å². The van der Waals surface area contributed by atoms with Crippen molar-refractivity contribution in [2.45, 2.75) is 32.0 Å². The predicted molar refractivity (Wildman–Crippen MR) is 101 cm³/mol. The second-order valence-corrected chi connectivity index (χ2v) is 7.51. The number of aliphatic carboxylic acids is 2. The largest absolute Gasteiger partial charge is 0.490 e. The van der Waals surface area contributed by atoms with Crippen molar-refractivity contribution >= 4 is 23.3 Å². The third kappa shape index (κ3) is 10.6. The van der Waals surface area contributed by atoms with Gasteiger partial charge >= 0.3 is 24.3 Å². The van der Waals surface area contributed by atoms with Crippen LogP contribution in [0.5, 0.6) is 0 Å². The lowest BCUT2D eigenvalue weighted by molar-refractivity contribution is -0.193. The minimum atomic E-state index is -5.08. The summed E-state index contributed by atoms with van der Waals surface area (Å²) in [5.74, 6) is -5.04. The van der Waals surface area contributed by atoms with E-state index in [9.17, 15) is 26.3 Å². The van der Waals surface area contributed by atoms with Gasteiger partial charge in [0.25, 0.3) is 0 Å². The van der Waals surface area contributed by atoms with Crippen molar-refractivity contribution in [3.8, 4) is 0 Å². The van der Waals surface area contributed by atoms with E-state index in [-0.39, 0.29) is 0 Å². The molecule has 0 radical (unpaired) electrons. The second kappa shape index (κ2) is 12.5. The van der Waals surface area contributed by atoms with Crippen LogP contribution in [0.25, 0.3) is 0 Å². The summed E-state index contributed by atoms with van der Waals surface area (Å²) in [5.41, 5.74) is 1.27. The van der Waals surface area contributed by atoms with Crippen LogP contribution in [-0.4, -0.2) is 74.4 Å². The highest BCUT2D eigenvalue weighted by Gasteiger charge is 2.38. The number of ether oxygens (including phenoxy) is 1. The molecule has 9 nitrogen and oxygen atoms in total. The Labute approximate surface area is 187 Å². The first-order valence-electron chi connectivity index (χ1n) is 8.94. The third-order valence-electron chi connectivity index (χ3n) is 3.87. The fraction of sp³-hybridized carbons (Fsp3) is 0.529. The first kappa shape index (κ1) is 28.3. The molecule has 0 aromatic carbocycles. The van der Waals surface area contributed by atoms with Gasteiger partial charge in [0, 0.05) is 50.4 Å². The molecule has 0 amide bonds. The monoisotopic (exact) mass is 506 g/mol. The van der Waals surface area contributed by atoms with Crippen molar-refractivity contribution in [3.05, 3.63) is 34.5 Å². The van der Waals surface area contributed by atoms with Crippen molar-refractivity contribution in [2.75, 3.05) is 20.3 Å². The molecule has 3 heterocycles. The molecular formula is C17H20F6N4O5S. The fourth-order valence-electron chi connectivity index (χ4n) is 2.60.